The van der Waals surface area contributed by atoms with Crippen LogP contribution in [0.5, 0.6) is 0 Å². The van der Waals surface area contributed by atoms with Gasteiger partial charge in [-0.05, 0) is 55.2 Å². The van der Waals surface area contributed by atoms with Gasteiger partial charge in [-0.1, -0.05) is 79.2 Å². The van der Waals surface area contributed by atoms with E-state index in [1.807, 2.05) is 30.3 Å². The molecule has 1 unspecified atom stereocenters. The van der Waals surface area contributed by atoms with Crippen LogP contribution in [0.1, 0.15) is 88.1 Å². The molecule has 3 aromatic carbocycles. The maximum Gasteiger partial charge on any atom is 0.272 e. The summed E-state index contributed by atoms with van der Waals surface area (Å²) in [5.41, 5.74) is 3.18. The molecule has 1 saturated heterocycles. The molecule has 6 rings (SSSR count). The summed E-state index contributed by atoms with van der Waals surface area (Å²) in [6.07, 6.45) is 5.90. The second-order valence-electron chi connectivity index (χ2n) is 12.2. The Balaban J connectivity index is 0.912. The number of piperidine rings is 1. The summed E-state index contributed by atoms with van der Waals surface area (Å²) in [5, 5.41) is 15.0. The van der Waals surface area contributed by atoms with Crippen LogP contribution in [0.2, 0.25) is 10.0 Å². The third-order valence-corrected chi connectivity index (χ3v) is 9.47. The van der Waals surface area contributed by atoms with Gasteiger partial charge in [0.15, 0.2) is 5.69 Å². The van der Waals surface area contributed by atoms with Crippen LogP contribution in [0.3, 0.4) is 0 Å². The molecule has 2 aliphatic heterocycles. The molecular weight excluding hydrogens is 667 g/mol. The van der Waals surface area contributed by atoms with E-state index in [1.165, 1.54) is 0 Å². The third kappa shape index (κ3) is 7.47. The van der Waals surface area contributed by atoms with Gasteiger partial charge in [0.25, 0.3) is 17.7 Å². The van der Waals surface area contributed by atoms with Gasteiger partial charge < -0.3 is 10.6 Å². The van der Waals surface area contributed by atoms with Gasteiger partial charge >= 0.3 is 0 Å². The van der Waals surface area contributed by atoms with Crippen molar-refractivity contribution in [2.75, 3.05) is 18.4 Å². The summed E-state index contributed by atoms with van der Waals surface area (Å²) in [4.78, 5) is 64.2. The smallest absolute Gasteiger partial charge is 0.272 e. The van der Waals surface area contributed by atoms with Crippen LogP contribution < -0.4 is 16.0 Å². The number of imide groups is 2. The zero-order chi connectivity index (χ0) is 34.5. The molecule has 5 amide bonds. The predicted octanol–water partition coefficient (Wildman–Crippen LogP) is 5.98. The molecule has 254 valence electrons. The maximum atomic E-state index is 13.2. The number of hydrogen-bond donors (Lipinski definition) is 3. The van der Waals surface area contributed by atoms with E-state index < -0.39 is 29.7 Å². The average Bonchev–Trinajstić information content (AvgIpc) is 3.57. The Labute approximate surface area is 293 Å². The van der Waals surface area contributed by atoms with Crippen LogP contribution in [0.25, 0.3) is 10.9 Å². The highest BCUT2D eigenvalue weighted by molar-refractivity contribution is 6.35. The Kier molecular flexibility index (Phi) is 10.6. The molecule has 0 bridgehead atoms. The quantitative estimate of drug-likeness (QED) is 0.108. The van der Waals surface area contributed by atoms with Crippen molar-refractivity contribution in [2.24, 2.45) is 0 Å². The van der Waals surface area contributed by atoms with Crippen molar-refractivity contribution < 1.29 is 24.0 Å². The first-order valence-corrected chi connectivity index (χ1v) is 17.2. The molecule has 13 heteroatoms. The molecule has 0 saturated carbocycles. The highest BCUT2D eigenvalue weighted by Crippen LogP contribution is 2.32. The largest absolute Gasteiger partial charge is 0.384 e. The van der Waals surface area contributed by atoms with Gasteiger partial charge in [-0.2, -0.15) is 5.10 Å². The monoisotopic (exact) mass is 702 g/mol. The number of unbranched alkanes of at least 4 members (excludes halogenated alkanes) is 5. The summed E-state index contributed by atoms with van der Waals surface area (Å²) >= 11 is 12.4. The van der Waals surface area contributed by atoms with Gasteiger partial charge in [-0.25, -0.2) is 0 Å². The Hall–Kier alpha value is -4.74. The second kappa shape index (κ2) is 15.2. The fourth-order valence-corrected chi connectivity index (χ4v) is 6.82. The predicted molar refractivity (Wildman–Crippen MR) is 187 cm³/mol. The topological polar surface area (TPSA) is 142 Å². The van der Waals surface area contributed by atoms with Crippen LogP contribution in [0.4, 0.5) is 5.69 Å². The van der Waals surface area contributed by atoms with Crippen molar-refractivity contribution in [1.82, 2.24) is 25.3 Å². The first-order valence-electron chi connectivity index (χ1n) is 16.5. The lowest BCUT2D eigenvalue weighted by Crippen LogP contribution is -2.54. The minimum atomic E-state index is -0.990. The molecule has 1 atom stereocenters. The molecule has 1 fully saturated rings. The maximum absolute atomic E-state index is 13.2. The zero-order valence-electron chi connectivity index (χ0n) is 26.8. The Morgan fingerprint density at radius 1 is 0.878 bits per heavy atom. The summed E-state index contributed by atoms with van der Waals surface area (Å²) < 4.78 is 1.78. The molecule has 3 heterocycles. The highest BCUT2D eigenvalue weighted by Gasteiger charge is 2.45. The molecule has 11 nitrogen and oxygen atoms in total. The molecular formula is C36H36Cl2N6O5. The lowest BCUT2D eigenvalue weighted by molar-refractivity contribution is -0.136. The number of carbonyl (C=O) groups excluding carboxylic acids is 5. The Morgan fingerprint density at radius 3 is 2.41 bits per heavy atom. The van der Waals surface area contributed by atoms with Gasteiger partial charge in [0.1, 0.15) is 6.04 Å². The molecule has 1 aromatic heterocycles. The second-order valence-corrected chi connectivity index (χ2v) is 13.1. The fourth-order valence-electron chi connectivity index (χ4n) is 6.35. The van der Waals surface area contributed by atoms with Gasteiger partial charge in [-0.15, -0.1) is 0 Å². The zero-order valence-corrected chi connectivity index (χ0v) is 28.3. The standard InChI is InChI=1S/C36H36Cl2N6O5/c37-23-15-14-22(26(38)20-23)21-43-28-13-6-5-10-24(28)32(42-43)34(47)40-19-8-4-2-1-3-7-18-39-27-12-9-11-25-31(27)36(49)44(35(25)48)29-16-17-30(45)41-33(29)46/h5-6,9-15,20,29,39H,1-4,7-8,16-19,21H2,(H,40,47)(H,41,45,46). The van der Waals surface area contributed by atoms with Gasteiger partial charge in [-0.3, -0.25) is 38.9 Å². The van der Waals surface area contributed by atoms with Crippen molar-refractivity contribution in [3.8, 4) is 0 Å². The van der Waals surface area contributed by atoms with Crippen molar-refractivity contribution in [3.63, 3.8) is 0 Å². The molecule has 0 spiro atoms. The number of hydrogen-bond acceptors (Lipinski definition) is 7. The first kappa shape index (κ1) is 34.1. The van der Waals surface area contributed by atoms with E-state index in [9.17, 15) is 24.0 Å². The summed E-state index contributed by atoms with van der Waals surface area (Å²) in [5.74, 6) is -2.28. The number of halogens is 2. The number of fused-ring (bicyclic) bond motifs is 2. The Bertz CT molecular complexity index is 1940. The summed E-state index contributed by atoms with van der Waals surface area (Å²) in [6.45, 7) is 1.58. The van der Waals surface area contributed by atoms with Crippen molar-refractivity contribution in [2.45, 2.75) is 64.0 Å². The number of aromatic nitrogens is 2. The number of carbonyl (C=O) groups is 5. The number of amides is 5. The number of benzene rings is 3. The average molecular weight is 704 g/mol. The van der Waals surface area contributed by atoms with Crippen LogP contribution in [-0.2, 0) is 16.1 Å². The minimum absolute atomic E-state index is 0.0794. The lowest BCUT2D eigenvalue weighted by atomic mass is 10.0. The number of nitrogens with one attached hydrogen (secondary N) is 3. The number of rotatable bonds is 14. The van der Waals surface area contributed by atoms with Crippen LogP contribution >= 0.6 is 23.2 Å². The van der Waals surface area contributed by atoms with Crippen molar-refractivity contribution >= 4 is 69.3 Å². The lowest BCUT2D eigenvalue weighted by Gasteiger charge is -2.27. The molecule has 0 radical (unpaired) electrons. The third-order valence-electron chi connectivity index (χ3n) is 8.88. The van der Waals surface area contributed by atoms with Crippen LogP contribution in [-0.4, -0.2) is 63.3 Å². The van der Waals surface area contributed by atoms with Crippen LogP contribution in [0, 0.1) is 0 Å². The molecule has 2 aliphatic rings. The van der Waals surface area contributed by atoms with E-state index in [1.54, 1.807) is 35.0 Å². The van der Waals surface area contributed by atoms with Crippen LogP contribution in [0.15, 0.2) is 60.7 Å². The van der Waals surface area contributed by atoms with E-state index in [-0.39, 0.29) is 29.9 Å². The van der Waals surface area contributed by atoms with Crippen molar-refractivity contribution in [1.29, 1.82) is 0 Å². The molecule has 4 aromatic rings. The molecule has 0 aliphatic carbocycles. The van der Waals surface area contributed by atoms with E-state index in [0.717, 1.165) is 59.9 Å². The van der Waals surface area contributed by atoms with E-state index in [2.05, 4.69) is 21.0 Å². The minimum Gasteiger partial charge on any atom is -0.384 e. The van der Waals surface area contributed by atoms with Gasteiger partial charge in [0.05, 0.1) is 23.2 Å². The summed E-state index contributed by atoms with van der Waals surface area (Å²) in [6, 6.07) is 17.0. The normalized spacial score (nSPS) is 15.9. The molecule has 49 heavy (non-hydrogen) atoms. The van der Waals surface area contributed by atoms with E-state index >= 15 is 0 Å². The first-order chi connectivity index (χ1) is 23.7. The Morgan fingerprint density at radius 2 is 1.63 bits per heavy atom. The van der Waals surface area contributed by atoms with Gasteiger partial charge in [0, 0.05) is 40.6 Å². The highest BCUT2D eigenvalue weighted by atomic mass is 35.5. The summed E-state index contributed by atoms with van der Waals surface area (Å²) in [7, 11) is 0. The van der Waals surface area contributed by atoms with E-state index in [4.69, 9.17) is 23.2 Å². The fraction of sp³-hybridized carbons (Fsp3) is 0.333. The van der Waals surface area contributed by atoms with Gasteiger partial charge in [0.2, 0.25) is 11.8 Å². The number of para-hydroxylation sites is 1. The SMILES string of the molecule is O=C1CCC(N2C(=O)c3cccc(NCCCCCCCCNC(=O)c4nn(Cc5ccc(Cl)cc5Cl)c5ccccc45)c3C2=O)C(=O)N1. The van der Waals surface area contributed by atoms with E-state index in [0.29, 0.717) is 41.1 Å². The number of anilines is 1. The van der Waals surface area contributed by atoms with Crippen molar-refractivity contribution in [3.05, 3.63) is 93.1 Å². The molecule has 3 N–H and O–H groups in total. The number of nitrogens with zero attached hydrogens (tertiary/aromatic N) is 3.